The van der Waals surface area contributed by atoms with Crippen LogP contribution in [0, 0.1) is 5.92 Å². The number of methoxy groups -OCH3 is 1. The SMILES string of the molecule is COC(C)N(C(=O)CCl)C1=C(C)CCCC1C. The Balaban J connectivity index is 3.08. The molecule has 2 unspecified atom stereocenters. The molecule has 4 heteroatoms. The maximum absolute atomic E-state index is 12.0. The number of amides is 1. The van der Waals surface area contributed by atoms with E-state index in [0.29, 0.717) is 5.92 Å². The zero-order valence-electron chi connectivity index (χ0n) is 11.1. The summed E-state index contributed by atoms with van der Waals surface area (Å²) in [7, 11) is 1.61. The van der Waals surface area contributed by atoms with Gasteiger partial charge in [0.2, 0.25) is 5.91 Å². The topological polar surface area (TPSA) is 29.5 Å². The standard InChI is InChI=1S/C13H22ClNO2/c1-9-6-5-7-10(2)13(9)15(11(3)17-4)12(16)8-14/h9,11H,5-8H2,1-4H3. The molecule has 0 radical (unpaired) electrons. The Morgan fingerprint density at radius 2 is 2.29 bits per heavy atom. The van der Waals surface area contributed by atoms with Crippen LogP contribution in [0.2, 0.25) is 0 Å². The first-order valence-electron chi connectivity index (χ1n) is 6.13. The zero-order chi connectivity index (χ0) is 13.0. The molecule has 0 aromatic carbocycles. The lowest BCUT2D eigenvalue weighted by Crippen LogP contribution is -2.42. The van der Waals surface area contributed by atoms with Gasteiger partial charge >= 0.3 is 0 Å². The molecule has 2 atom stereocenters. The predicted molar refractivity (Wildman–Crippen MR) is 69.8 cm³/mol. The fourth-order valence-corrected chi connectivity index (χ4v) is 2.63. The molecule has 1 aliphatic carbocycles. The Morgan fingerprint density at radius 1 is 1.65 bits per heavy atom. The molecule has 0 aliphatic heterocycles. The number of hydrogen-bond acceptors (Lipinski definition) is 2. The van der Waals surface area contributed by atoms with Gasteiger partial charge < -0.3 is 4.74 Å². The normalized spacial score (nSPS) is 22.5. The number of carbonyl (C=O) groups is 1. The van der Waals surface area contributed by atoms with Crippen molar-refractivity contribution in [3.63, 3.8) is 0 Å². The minimum absolute atomic E-state index is 0.00278. The van der Waals surface area contributed by atoms with Gasteiger partial charge in [-0.25, -0.2) is 0 Å². The number of rotatable bonds is 4. The Bertz CT molecular complexity index is 315. The van der Waals surface area contributed by atoms with Crippen molar-refractivity contribution in [2.24, 2.45) is 5.92 Å². The summed E-state index contributed by atoms with van der Waals surface area (Å²) in [6, 6.07) is 0. The lowest BCUT2D eigenvalue weighted by molar-refractivity contribution is -0.136. The molecule has 0 heterocycles. The van der Waals surface area contributed by atoms with E-state index < -0.39 is 0 Å². The maximum atomic E-state index is 12.0. The first-order valence-corrected chi connectivity index (χ1v) is 6.66. The van der Waals surface area contributed by atoms with Crippen molar-refractivity contribution in [1.29, 1.82) is 0 Å². The van der Waals surface area contributed by atoms with Gasteiger partial charge in [0.15, 0.2) is 0 Å². The molecule has 3 nitrogen and oxygen atoms in total. The quantitative estimate of drug-likeness (QED) is 0.573. The Morgan fingerprint density at radius 3 is 2.76 bits per heavy atom. The molecular weight excluding hydrogens is 238 g/mol. The van der Waals surface area contributed by atoms with E-state index in [0.717, 1.165) is 18.5 Å². The van der Waals surface area contributed by atoms with Crippen molar-refractivity contribution < 1.29 is 9.53 Å². The molecule has 0 aromatic rings. The van der Waals surface area contributed by atoms with Crippen LogP contribution >= 0.6 is 11.6 Å². The second-order valence-corrected chi connectivity index (χ2v) is 4.96. The van der Waals surface area contributed by atoms with Crippen LogP contribution in [0.3, 0.4) is 0 Å². The van der Waals surface area contributed by atoms with Gasteiger partial charge in [-0.2, -0.15) is 0 Å². The van der Waals surface area contributed by atoms with Crippen LogP contribution in [0.1, 0.15) is 40.0 Å². The zero-order valence-corrected chi connectivity index (χ0v) is 11.9. The minimum atomic E-state index is -0.258. The van der Waals surface area contributed by atoms with Gasteiger partial charge in [0, 0.05) is 12.8 Å². The highest BCUT2D eigenvalue weighted by Crippen LogP contribution is 2.33. The van der Waals surface area contributed by atoms with Crippen LogP contribution in [0.15, 0.2) is 11.3 Å². The Kier molecular flexibility index (Phi) is 5.47. The first-order chi connectivity index (χ1) is 8.02. The van der Waals surface area contributed by atoms with E-state index in [9.17, 15) is 4.79 Å². The number of allylic oxidation sites excluding steroid dienone is 2. The molecule has 0 spiro atoms. The summed E-state index contributed by atoms with van der Waals surface area (Å²) < 4.78 is 5.30. The highest BCUT2D eigenvalue weighted by molar-refractivity contribution is 6.27. The van der Waals surface area contributed by atoms with Crippen LogP contribution in [0.4, 0.5) is 0 Å². The van der Waals surface area contributed by atoms with E-state index in [4.69, 9.17) is 16.3 Å². The monoisotopic (exact) mass is 259 g/mol. The van der Waals surface area contributed by atoms with Crippen molar-refractivity contribution in [1.82, 2.24) is 4.90 Å². The van der Waals surface area contributed by atoms with Crippen LogP contribution < -0.4 is 0 Å². The summed E-state index contributed by atoms with van der Waals surface area (Å²) in [6.07, 6.45) is 3.12. The smallest absolute Gasteiger partial charge is 0.243 e. The predicted octanol–water partition coefficient (Wildman–Crippen LogP) is 3.14. The number of nitrogens with zero attached hydrogens (tertiary/aromatic N) is 1. The van der Waals surface area contributed by atoms with Crippen molar-refractivity contribution >= 4 is 17.5 Å². The molecule has 0 aromatic heterocycles. The van der Waals surface area contributed by atoms with Gasteiger partial charge in [0.05, 0.1) is 0 Å². The van der Waals surface area contributed by atoms with E-state index >= 15 is 0 Å². The third-order valence-electron chi connectivity index (χ3n) is 3.44. The van der Waals surface area contributed by atoms with Gasteiger partial charge in [0.25, 0.3) is 0 Å². The largest absolute Gasteiger partial charge is 0.361 e. The first kappa shape index (κ1) is 14.5. The van der Waals surface area contributed by atoms with Crippen molar-refractivity contribution in [2.45, 2.75) is 46.3 Å². The minimum Gasteiger partial charge on any atom is -0.361 e. The summed E-state index contributed by atoms with van der Waals surface area (Å²) in [6.45, 7) is 6.14. The molecule has 98 valence electrons. The Labute approximate surface area is 109 Å². The van der Waals surface area contributed by atoms with Crippen LogP contribution in [-0.4, -0.2) is 30.0 Å². The van der Waals surface area contributed by atoms with Crippen molar-refractivity contribution in [3.8, 4) is 0 Å². The van der Waals surface area contributed by atoms with Crippen LogP contribution in [0.5, 0.6) is 0 Å². The number of ether oxygens (including phenoxy) is 1. The molecule has 0 saturated heterocycles. The van der Waals surface area contributed by atoms with Gasteiger partial charge in [-0.15, -0.1) is 11.6 Å². The lowest BCUT2D eigenvalue weighted by Gasteiger charge is -2.36. The summed E-state index contributed by atoms with van der Waals surface area (Å²) in [4.78, 5) is 13.7. The van der Waals surface area contributed by atoms with Crippen molar-refractivity contribution in [3.05, 3.63) is 11.3 Å². The summed E-state index contributed by atoms with van der Waals surface area (Å²) in [5.41, 5.74) is 2.39. The van der Waals surface area contributed by atoms with Crippen LogP contribution in [-0.2, 0) is 9.53 Å². The third-order valence-corrected chi connectivity index (χ3v) is 3.67. The van der Waals surface area contributed by atoms with E-state index in [-0.39, 0.29) is 18.0 Å². The fourth-order valence-electron chi connectivity index (χ4n) is 2.50. The summed E-state index contributed by atoms with van der Waals surface area (Å²) >= 11 is 5.69. The maximum Gasteiger partial charge on any atom is 0.243 e. The molecular formula is C13H22ClNO2. The number of halogens is 1. The third kappa shape index (κ3) is 3.23. The highest BCUT2D eigenvalue weighted by Gasteiger charge is 2.29. The highest BCUT2D eigenvalue weighted by atomic mass is 35.5. The fraction of sp³-hybridized carbons (Fsp3) is 0.769. The molecule has 1 rings (SSSR count). The molecule has 1 amide bonds. The molecule has 1 aliphatic rings. The molecule has 0 saturated carbocycles. The van der Waals surface area contributed by atoms with Gasteiger partial charge in [-0.05, 0) is 39.0 Å². The number of carbonyl (C=O) groups excluding carboxylic acids is 1. The molecule has 0 bridgehead atoms. The molecule has 0 N–H and O–H groups in total. The van der Waals surface area contributed by atoms with Crippen LogP contribution in [0.25, 0.3) is 0 Å². The molecule has 0 fully saturated rings. The van der Waals surface area contributed by atoms with Gasteiger partial charge in [-0.3, -0.25) is 9.69 Å². The average molecular weight is 260 g/mol. The second kappa shape index (κ2) is 6.41. The summed E-state index contributed by atoms with van der Waals surface area (Å²) in [5, 5.41) is 0. The van der Waals surface area contributed by atoms with Gasteiger partial charge in [0.1, 0.15) is 12.1 Å². The Hall–Kier alpha value is -0.540. The van der Waals surface area contributed by atoms with Gasteiger partial charge in [-0.1, -0.05) is 12.5 Å². The van der Waals surface area contributed by atoms with Crippen molar-refractivity contribution in [2.75, 3.05) is 13.0 Å². The number of alkyl halides is 1. The second-order valence-electron chi connectivity index (χ2n) is 4.69. The average Bonchev–Trinajstić information content (AvgIpc) is 2.32. The van der Waals surface area contributed by atoms with E-state index in [1.165, 1.54) is 12.0 Å². The van der Waals surface area contributed by atoms with E-state index in [2.05, 4.69) is 13.8 Å². The van der Waals surface area contributed by atoms with E-state index in [1.807, 2.05) is 6.92 Å². The summed E-state index contributed by atoms with van der Waals surface area (Å²) in [5.74, 6) is 0.314. The lowest BCUT2D eigenvalue weighted by atomic mass is 9.88. The molecule has 17 heavy (non-hydrogen) atoms. The number of hydrogen-bond donors (Lipinski definition) is 0. The van der Waals surface area contributed by atoms with E-state index in [1.54, 1.807) is 12.0 Å².